The number of benzene rings is 1. The summed E-state index contributed by atoms with van der Waals surface area (Å²) in [6.07, 6.45) is 2.37. The Balaban J connectivity index is 1.76. The predicted octanol–water partition coefficient (Wildman–Crippen LogP) is 3.94. The molecule has 9 heteroatoms. The molecule has 1 saturated heterocycles. The second-order valence-electron chi connectivity index (χ2n) is 7.35. The molecule has 164 valence electrons. The van der Waals surface area contributed by atoms with Crippen LogP contribution in [0.1, 0.15) is 42.6 Å². The topological polar surface area (TPSA) is 93.9 Å². The summed E-state index contributed by atoms with van der Waals surface area (Å²) >= 11 is 6.05. The molecule has 2 rings (SSSR count). The summed E-state index contributed by atoms with van der Waals surface area (Å²) in [7, 11) is -2.99. The van der Waals surface area contributed by atoms with Crippen molar-refractivity contribution in [2.24, 2.45) is 5.92 Å². The molecule has 1 aliphatic rings. The number of nitrogens with two attached hydrogens (primary N) is 1. The third-order valence-electron chi connectivity index (χ3n) is 5.19. The van der Waals surface area contributed by atoms with Crippen LogP contribution in [-0.2, 0) is 13.6 Å². The summed E-state index contributed by atoms with van der Waals surface area (Å²) in [5.41, 5.74) is 7.63. The molecule has 1 aromatic rings. The highest BCUT2D eigenvalue weighted by atomic mass is 35.5. The molecule has 0 aromatic heterocycles. The summed E-state index contributed by atoms with van der Waals surface area (Å²) in [4.78, 5) is 14.8. The first-order valence-corrected chi connectivity index (χ1v) is 12.3. The number of halogens is 1. The second kappa shape index (κ2) is 11.3. The Hall–Kier alpha value is -1.11. The number of nitrogens with zero attached hydrogens (tertiary/aromatic N) is 1. The SMILES string of the molecule is CCOP(=O)(CCN1CCC(CNC(=O)c2cc(Cl)c(N)cc2C)CC1)OCC. The van der Waals surface area contributed by atoms with E-state index in [4.69, 9.17) is 26.4 Å². The molecule has 0 radical (unpaired) electrons. The number of nitrogen functional groups attached to an aromatic ring is 1. The fourth-order valence-corrected chi connectivity index (χ4v) is 5.33. The average molecular weight is 446 g/mol. The van der Waals surface area contributed by atoms with Gasteiger partial charge in [0.2, 0.25) is 0 Å². The van der Waals surface area contributed by atoms with Crippen LogP contribution in [0.15, 0.2) is 12.1 Å². The van der Waals surface area contributed by atoms with Crippen LogP contribution in [-0.4, -0.2) is 56.4 Å². The first-order chi connectivity index (χ1) is 13.8. The van der Waals surface area contributed by atoms with Gasteiger partial charge in [0.05, 0.1) is 30.1 Å². The van der Waals surface area contributed by atoms with Gasteiger partial charge in [0.1, 0.15) is 0 Å². The van der Waals surface area contributed by atoms with Crippen LogP contribution in [0.4, 0.5) is 5.69 Å². The summed E-state index contributed by atoms with van der Waals surface area (Å²) in [5, 5.41) is 3.41. The van der Waals surface area contributed by atoms with Gasteiger partial charge in [0.15, 0.2) is 0 Å². The van der Waals surface area contributed by atoms with Gasteiger partial charge in [-0.15, -0.1) is 0 Å². The first-order valence-electron chi connectivity index (χ1n) is 10.2. The van der Waals surface area contributed by atoms with Gasteiger partial charge in [0, 0.05) is 18.7 Å². The Morgan fingerprint density at radius 2 is 1.90 bits per heavy atom. The second-order valence-corrected chi connectivity index (χ2v) is 9.95. The average Bonchev–Trinajstić information content (AvgIpc) is 2.68. The van der Waals surface area contributed by atoms with Crippen LogP contribution in [0.5, 0.6) is 0 Å². The zero-order valence-electron chi connectivity index (χ0n) is 17.6. The summed E-state index contributed by atoms with van der Waals surface area (Å²) in [5.74, 6) is 0.298. The van der Waals surface area contributed by atoms with E-state index in [1.807, 2.05) is 20.8 Å². The zero-order valence-corrected chi connectivity index (χ0v) is 19.2. The van der Waals surface area contributed by atoms with Gasteiger partial charge >= 0.3 is 7.60 Å². The van der Waals surface area contributed by atoms with Gasteiger partial charge in [-0.2, -0.15) is 0 Å². The Labute approximate surface area is 178 Å². The molecule has 1 heterocycles. The maximum Gasteiger partial charge on any atom is 0.331 e. The van der Waals surface area contributed by atoms with Crippen LogP contribution >= 0.6 is 19.2 Å². The lowest BCUT2D eigenvalue weighted by Crippen LogP contribution is -2.39. The number of aryl methyl sites for hydroxylation is 1. The number of carbonyl (C=O) groups excluding carboxylic acids is 1. The van der Waals surface area contributed by atoms with Crippen LogP contribution in [0.25, 0.3) is 0 Å². The molecular formula is C20H33ClN3O4P. The number of nitrogens with one attached hydrogen (secondary N) is 1. The van der Waals surface area contributed by atoms with E-state index < -0.39 is 7.60 Å². The third kappa shape index (κ3) is 7.26. The smallest absolute Gasteiger partial charge is 0.331 e. The monoisotopic (exact) mass is 445 g/mol. The van der Waals surface area contributed by atoms with E-state index in [0.29, 0.717) is 54.7 Å². The summed E-state index contributed by atoms with van der Waals surface area (Å²) in [6, 6.07) is 3.35. The third-order valence-corrected chi connectivity index (χ3v) is 7.57. The normalized spacial score (nSPS) is 16.1. The van der Waals surface area contributed by atoms with Gasteiger partial charge in [-0.25, -0.2) is 0 Å². The van der Waals surface area contributed by atoms with E-state index in [0.717, 1.165) is 31.5 Å². The zero-order chi connectivity index (χ0) is 21.4. The standard InChI is InChI=1S/C20H33ClN3O4P/c1-4-27-29(26,28-5-2)11-10-24-8-6-16(7-9-24)14-23-20(25)17-13-18(21)19(22)12-15(17)3/h12-13,16H,4-11,14,22H2,1-3H3,(H,23,25). The number of hydrogen-bond acceptors (Lipinski definition) is 6. The van der Waals surface area contributed by atoms with E-state index in [1.165, 1.54) is 0 Å². The van der Waals surface area contributed by atoms with E-state index in [9.17, 15) is 9.36 Å². The van der Waals surface area contributed by atoms with Crippen molar-refractivity contribution in [1.82, 2.24) is 10.2 Å². The lowest BCUT2D eigenvalue weighted by Gasteiger charge is -2.32. The van der Waals surface area contributed by atoms with Crippen molar-refractivity contribution in [3.05, 3.63) is 28.3 Å². The van der Waals surface area contributed by atoms with Crippen LogP contribution < -0.4 is 11.1 Å². The number of piperidine rings is 1. The van der Waals surface area contributed by atoms with Gasteiger partial charge in [-0.1, -0.05) is 11.6 Å². The Morgan fingerprint density at radius 3 is 2.48 bits per heavy atom. The van der Waals surface area contributed by atoms with Gasteiger partial charge in [-0.3, -0.25) is 9.36 Å². The molecule has 1 fully saturated rings. The van der Waals surface area contributed by atoms with Gasteiger partial charge < -0.3 is 25.0 Å². The lowest BCUT2D eigenvalue weighted by atomic mass is 9.96. The molecule has 0 bridgehead atoms. The van der Waals surface area contributed by atoms with Gasteiger partial charge in [0.25, 0.3) is 5.91 Å². The maximum absolute atomic E-state index is 12.6. The molecule has 0 spiro atoms. The van der Waals surface area contributed by atoms with E-state index in [2.05, 4.69) is 10.2 Å². The van der Waals surface area contributed by atoms with Crippen LogP contribution in [0.2, 0.25) is 5.02 Å². The summed E-state index contributed by atoms with van der Waals surface area (Å²) in [6.45, 7) is 9.41. The van der Waals surface area contributed by atoms with Gasteiger partial charge in [-0.05, 0) is 70.3 Å². The lowest BCUT2D eigenvalue weighted by molar-refractivity contribution is 0.0935. The minimum absolute atomic E-state index is 0.124. The van der Waals surface area contributed by atoms with E-state index >= 15 is 0 Å². The fourth-order valence-electron chi connectivity index (χ4n) is 3.52. The Bertz CT molecular complexity index is 729. The maximum atomic E-state index is 12.6. The number of carbonyl (C=O) groups is 1. The number of anilines is 1. The van der Waals surface area contributed by atoms with Crippen LogP contribution in [0.3, 0.4) is 0 Å². The van der Waals surface area contributed by atoms with Crippen molar-refractivity contribution in [3.63, 3.8) is 0 Å². The Kier molecular flexibility index (Phi) is 9.44. The molecule has 0 aliphatic carbocycles. The number of hydrogen-bond donors (Lipinski definition) is 2. The van der Waals surface area contributed by atoms with Crippen LogP contribution in [0, 0.1) is 12.8 Å². The Morgan fingerprint density at radius 1 is 1.28 bits per heavy atom. The van der Waals surface area contributed by atoms with Crippen molar-refractivity contribution in [2.75, 3.05) is 51.3 Å². The van der Waals surface area contributed by atoms with Crippen molar-refractivity contribution < 1.29 is 18.4 Å². The highest BCUT2D eigenvalue weighted by Gasteiger charge is 2.26. The van der Waals surface area contributed by atoms with E-state index in [1.54, 1.807) is 12.1 Å². The van der Waals surface area contributed by atoms with Crippen molar-refractivity contribution in [1.29, 1.82) is 0 Å². The molecule has 1 aliphatic heterocycles. The number of likely N-dealkylation sites (tertiary alicyclic amines) is 1. The first kappa shape index (κ1) is 24.2. The van der Waals surface area contributed by atoms with Crippen molar-refractivity contribution in [3.8, 4) is 0 Å². The molecule has 1 aromatic carbocycles. The molecule has 0 atom stereocenters. The quantitative estimate of drug-likeness (QED) is 0.418. The summed E-state index contributed by atoms with van der Waals surface area (Å²) < 4.78 is 23.3. The fraction of sp³-hybridized carbons (Fsp3) is 0.650. The molecule has 3 N–H and O–H groups in total. The van der Waals surface area contributed by atoms with Crippen molar-refractivity contribution in [2.45, 2.75) is 33.6 Å². The molecule has 1 amide bonds. The highest BCUT2D eigenvalue weighted by molar-refractivity contribution is 7.53. The molecular weight excluding hydrogens is 413 g/mol. The molecule has 0 saturated carbocycles. The molecule has 0 unspecified atom stereocenters. The minimum atomic E-state index is -2.99. The largest absolute Gasteiger partial charge is 0.398 e. The number of rotatable bonds is 10. The van der Waals surface area contributed by atoms with Crippen molar-refractivity contribution >= 4 is 30.8 Å². The predicted molar refractivity (Wildman–Crippen MR) is 118 cm³/mol. The number of amides is 1. The van der Waals surface area contributed by atoms with E-state index in [-0.39, 0.29) is 5.91 Å². The minimum Gasteiger partial charge on any atom is -0.398 e. The molecule has 7 nitrogen and oxygen atoms in total. The molecule has 29 heavy (non-hydrogen) atoms. The highest BCUT2D eigenvalue weighted by Crippen LogP contribution is 2.47.